The first-order valence-corrected chi connectivity index (χ1v) is 9.51. The van der Waals surface area contributed by atoms with Crippen LogP contribution in [-0.4, -0.2) is 38.5 Å². The fraction of sp³-hybridized carbons (Fsp3) is 0.625. The molecule has 3 unspecified atom stereocenters. The summed E-state index contributed by atoms with van der Waals surface area (Å²) in [5, 5.41) is 0. The van der Waals surface area contributed by atoms with Crippen LogP contribution in [0.1, 0.15) is 24.8 Å². The highest BCUT2D eigenvalue weighted by Crippen LogP contribution is 2.38. The van der Waals surface area contributed by atoms with Crippen LogP contribution in [0.5, 0.6) is 5.75 Å². The van der Waals surface area contributed by atoms with Crippen molar-refractivity contribution in [3.63, 3.8) is 0 Å². The second kappa shape index (κ2) is 6.24. The van der Waals surface area contributed by atoms with Crippen molar-refractivity contribution in [2.75, 3.05) is 19.7 Å². The van der Waals surface area contributed by atoms with Gasteiger partial charge in [0.25, 0.3) is 0 Å². The normalized spacial score (nSPS) is 30.2. The van der Waals surface area contributed by atoms with Crippen LogP contribution in [-0.2, 0) is 16.4 Å². The van der Waals surface area contributed by atoms with E-state index in [1.807, 2.05) is 0 Å². The smallest absolute Gasteiger partial charge is 0.243 e. The number of hydrogen-bond donors (Lipinski definition) is 1. The van der Waals surface area contributed by atoms with Gasteiger partial charge >= 0.3 is 0 Å². The molecule has 0 radical (unpaired) electrons. The van der Waals surface area contributed by atoms with Gasteiger partial charge in [0.15, 0.2) is 0 Å². The number of sulfonamides is 1. The molecule has 1 saturated carbocycles. The molecule has 1 aliphatic carbocycles. The Morgan fingerprint density at radius 1 is 1.22 bits per heavy atom. The van der Waals surface area contributed by atoms with Crippen molar-refractivity contribution in [3.8, 4) is 5.75 Å². The van der Waals surface area contributed by atoms with Crippen LogP contribution < -0.4 is 10.5 Å². The molecule has 0 aromatic heterocycles. The number of ether oxygens (including phenoxy) is 1. The number of halogens is 1. The van der Waals surface area contributed by atoms with E-state index < -0.39 is 10.0 Å². The SMILES string of the molecule is Cl.NC1CCCC2CN(S(=O)(=O)c3ccc4c(c3)CCO4)CC12. The number of benzene rings is 1. The molecule has 23 heavy (non-hydrogen) atoms. The molecule has 1 aromatic carbocycles. The lowest BCUT2D eigenvalue weighted by atomic mass is 9.78. The van der Waals surface area contributed by atoms with E-state index in [1.54, 1.807) is 22.5 Å². The number of fused-ring (bicyclic) bond motifs is 2. The second-order valence-electron chi connectivity index (χ2n) is 6.71. The van der Waals surface area contributed by atoms with Gasteiger partial charge in [-0.1, -0.05) is 6.42 Å². The summed E-state index contributed by atoms with van der Waals surface area (Å²) in [6, 6.07) is 5.37. The summed E-state index contributed by atoms with van der Waals surface area (Å²) >= 11 is 0. The van der Waals surface area contributed by atoms with Gasteiger partial charge in [-0.3, -0.25) is 0 Å². The van der Waals surface area contributed by atoms with Crippen LogP contribution in [0.25, 0.3) is 0 Å². The van der Waals surface area contributed by atoms with Crippen LogP contribution in [0.4, 0.5) is 0 Å². The lowest BCUT2D eigenvalue weighted by Crippen LogP contribution is -2.38. The summed E-state index contributed by atoms with van der Waals surface area (Å²) in [5.74, 6) is 1.56. The zero-order chi connectivity index (χ0) is 15.3. The molecule has 128 valence electrons. The minimum absolute atomic E-state index is 0. The number of rotatable bonds is 2. The van der Waals surface area contributed by atoms with Gasteiger partial charge in [0, 0.05) is 25.6 Å². The van der Waals surface area contributed by atoms with Crippen LogP contribution in [0.15, 0.2) is 23.1 Å². The fourth-order valence-corrected chi connectivity index (χ4v) is 5.73. The number of hydrogen-bond acceptors (Lipinski definition) is 4. The zero-order valence-electron chi connectivity index (χ0n) is 13.0. The van der Waals surface area contributed by atoms with E-state index in [-0.39, 0.29) is 18.4 Å². The molecule has 1 aromatic rings. The predicted molar refractivity (Wildman–Crippen MR) is 90.5 cm³/mol. The highest BCUT2D eigenvalue weighted by molar-refractivity contribution is 7.89. The molecule has 2 N–H and O–H groups in total. The van der Waals surface area contributed by atoms with Crippen molar-refractivity contribution in [1.29, 1.82) is 0 Å². The molecule has 4 rings (SSSR count). The molecule has 2 aliphatic heterocycles. The summed E-state index contributed by atoms with van der Waals surface area (Å²) in [5.41, 5.74) is 7.19. The van der Waals surface area contributed by atoms with Gasteiger partial charge in [-0.05, 0) is 48.4 Å². The van der Waals surface area contributed by atoms with Gasteiger partial charge in [-0.15, -0.1) is 12.4 Å². The fourth-order valence-electron chi connectivity index (χ4n) is 4.14. The quantitative estimate of drug-likeness (QED) is 0.874. The van der Waals surface area contributed by atoms with Crippen LogP contribution in [0.2, 0.25) is 0 Å². The Morgan fingerprint density at radius 3 is 2.83 bits per heavy atom. The van der Waals surface area contributed by atoms with Crippen molar-refractivity contribution in [3.05, 3.63) is 23.8 Å². The summed E-state index contributed by atoms with van der Waals surface area (Å²) < 4.78 is 33.0. The molecule has 0 amide bonds. The standard InChI is InChI=1S/C16H22N2O3S.ClH/c17-15-3-1-2-12-9-18(10-14(12)15)22(19,20)13-4-5-16-11(8-13)6-7-21-16;/h4-5,8,12,14-15H,1-3,6-7,9-10,17H2;1H. The van der Waals surface area contributed by atoms with Crippen LogP contribution in [0, 0.1) is 11.8 Å². The Balaban J connectivity index is 0.00000156. The maximum atomic E-state index is 12.9. The van der Waals surface area contributed by atoms with E-state index in [1.165, 1.54) is 0 Å². The average molecular weight is 359 g/mol. The third kappa shape index (κ3) is 2.86. The van der Waals surface area contributed by atoms with Crippen molar-refractivity contribution in [2.24, 2.45) is 17.6 Å². The molecule has 7 heteroatoms. The van der Waals surface area contributed by atoms with Crippen LogP contribution >= 0.6 is 12.4 Å². The Bertz CT molecular complexity index is 695. The van der Waals surface area contributed by atoms with Crippen molar-refractivity contribution in [1.82, 2.24) is 4.31 Å². The van der Waals surface area contributed by atoms with Crippen molar-refractivity contribution < 1.29 is 13.2 Å². The third-order valence-corrected chi connectivity index (χ3v) is 7.25. The summed E-state index contributed by atoms with van der Waals surface area (Å²) in [4.78, 5) is 0.393. The Morgan fingerprint density at radius 2 is 2.04 bits per heavy atom. The van der Waals surface area contributed by atoms with E-state index in [9.17, 15) is 8.42 Å². The molecule has 2 heterocycles. The van der Waals surface area contributed by atoms with Gasteiger partial charge in [-0.2, -0.15) is 4.31 Å². The Hall–Kier alpha value is -0.820. The van der Waals surface area contributed by atoms with Crippen LogP contribution in [0.3, 0.4) is 0 Å². The summed E-state index contributed by atoms with van der Waals surface area (Å²) in [6.07, 6.45) is 4.02. The molecular formula is C16H23ClN2O3S. The number of nitrogens with two attached hydrogens (primary N) is 1. The van der Waals surface area contributed by atoms with E-state index in [0.29, 0.717) is 36.4 Å². The molecule has 0 spiro atoms. The van der Waals surface area contributed by atoms with E-state index in [4.69, 9.17) is 10.5 Å². The first kappa shape index (κ1) is 17.0. The molecule has 3 atom stereocenters. The second-order valence-corrected chi connectivity index (χ2v) is 8.65. The highest BCUT2D eigenvalue weighted by Gasteiger charge is 2.43. The first-order chi connectivity index (χ1) is 10.6. The Labute approximate surface area is 143 Å². The zero-order valence-corrected chi connectivity index (χ0v) is 14.6. The minimum atomic E-state index is -3.42. The maximum absolute atomic E-state index is 12.9. The van der Waals surface area contributed by atoms with Gasteiger partial charge in [0.1, 0.15) is 5.75 Å². The van der Waals surface area contributed by atoms with Crippen molar-refractivity contribution in [2.45, 2.75) is 36.6 Å². The molecule has 3 aliphatic rings. The predicted octanol–water partition coefficient (Wildman–Crippen LogP) is 1.79. The van der Waals surface area contributed by atoms with Gasteiger partial charge in [-0.25, -0.2) is 8.42 Å². The highest BCUT2D eigenvalue weighted by atomic mass is 35.5. The van der Waals surface area contributed by atoms with Gasteiger partial charge in [0.2, 0.25) is 10.0 Å². The van der Waals surface area contributed by atoms with Gasteiger partial charge < -0.3 is 10.5 Å². The first-order valence-electron chi connectivity index (χ1n) is 8.07. The average Bonchev–Trinajstić information content (AvgIpc) is 3.13. The molecular weight excluding hydrogens is 336 g/mol. The van der Waals surface area contributed by atoms with Crippen molar-refractivity contribution >= 4 is 22.4 Å². The third-order valence-electron chi connectivity index (χ3n) is 5.42. The topological polar surface area (TPSA) is 72.6 Å². The largest absolute Gasteiger partial charge is 0.493 e. The van der Waals surface area contributed by atoms with E-state index in [2.05, 4.69) is 0 Å². The summed E-state index contributed by atoms with van der Waals surface area (Å²) in [7, 11) is -3.42. The molecule has 0 bridgehead atoms. The number of nitrogens with zero attached hydrogens (tertiary/aromatic N) is 1. The summed E-state index contributed by atoms with van der Waals surface area (Å²) in [6.45, 7) is 1.83. The lowest BCUT2D eigenvalue weighted by Gasteiger charge is -2.29. The Kier molecular flexibility index (Phi) is 4.62. The lowest BCUT2D eigenvalue weighted by molar-refractivity contribution is 0.260. The monoisotopic (exact) mass is 358 g/mol. The van der Waals surface area contributed by atoms with Gasteiger partial charge in [0.05, 0.1) is 11.5 Å². The molecule has 2 fully saturated rings. The minimum Gasteiger partial charge on any atom is -0.493 e. The molecule has 1 saturated heterocycles. The molecule has 5 nitrogen and oxygen atoms in total. The van der Waals surface area contributed by atoms with E-state index >= 15 is 0 Å². The maximum Gasteiger partial charge on any atom is 0.243 e. The van der Waals surface area contributed by atoms with E-state index in [0.717, 1.165) is 37.0 Å².